The molecule has 4 aromatic rings. The number of rotatable bonds is 12. The molecule has 0 aliphatic rings. The first kappa shape index (κ1) is 31.6. The quantitative estimate of drug-likeness (QED) is 0.142. The number of hydrogen-bond acceptors (Lipinski definition) is 5. The molecule has 2 aromatic heterocycles. The number of nitrogens with two attached hydrogens (primary N) is 1. The van der Waals surface area contributed by atoms with E-state index in [0.717, 1.165) is 23.6 Å². The lowest BCUT2D eigenvalue weighted by Crippen LogP contribution is -2.12. The number of aromatic nitrogens is 4. The summed E-state index contributed by atoms with van der Waals surface area (Å²) in [5, 5.41) is 5.35. The van der Waals surface area contributed by atoms with E-state index in [0.29, 0.717) is 35.3 Å². The van der Waals surface area contributed by atoms with Gasteiger partial charge in [0.05, 0.1) is 30.7 Å². The number of anilines is 1. The molecule has 2 N–H and O–H groups in total. The second kappa shape index (κ2) is 12.5. The number of nitrogens with zero attached hydrogens (tertiary/aromatic N) is 4. The maximum absolute atomic E-state index is 16.2. The molecule has 0 saturated carbocycles. The van der Waals surface area contributed by atoms with Gasteiger partial charge in [0.1, 0.15) is 35.6 Å². The highest BCUT2D eigenvalue weighted by atomic mass is 35.5. The fraction of sp³-hybridized carbons (Fsp3) is 0.429. The summed E-state index contributed by atoms with van der Waals surface area (Å²) in [4.78, 5) is 4.44. The van der Waals surface area contributed by atoms with Gasteiger partial charge in [0.25, 0.3) is 0 Å². The Labute approximate surface area is 246 Å². The summed E-state index contributed by atoms with van der Waals surface area (Å²) in [6.07, 6.45) is 14.6. The van der Waals surface area contributed by atoms with Gasteiger partial charge in [-0.05, 0) is 55.7 Å². The molecule has 0 saturated heterocycles. The van der Waals surface area contributed by atoms with Crippen LogP contribution in [-0.2, 0) is 22.9 Å². The molecule has 4 rings (SSSR count). The van der Waals surface area contributed by atoms with Gasteiger partial charge in [-0.2, -0.15) is 5.10 Å². The lowest BCUT2D eigenvalue weighted by Gasteiger charge is -2.24. The van der Waals surface area contributed by atoms with Crippen LogP contribution in [0.4, 0.5) is 18.9 Å². The van der Waals surface area contributed by atoms with E-state index in [4.69, 9.17) is 26.8 Å². The SMILES string of the molecule is CS(C)(C)CCOCn1c(Cl)cnc1-c1nn(COCCS(C)(C)C)c2c(F)c(-c3c(F)ccc(N)c3F)ccc12. The van der Waals surface area contributed by atoms with Crippen LogP contribution in [0.2, 0.25) is 5.15 Å². The summed E-state index contributed by atoms with van der Waals surface area (Å²) in [6, 6.07) is 4.99. The lowest BCUT2D eigenvalue weighted by molar-refractivity contribution is 0.0836. The maximum atomic E-state index is 16.2. The summed E-state index contributed by atoms with van der Waals surface area (Å²) in [5.74, 6) is -0.680. The van der Waals surface area contributed by atoms with Crippen LogP contribution in [0, 0.1) is 17.5 Å². The third-order valence-corrected chi connectivity index (χ3v) is 9.46. The Morgan fingerprint density at radius 1 is 0.878 bits per heavy atom. The van der Waals surface area contributed by atoms with Crippen molar-refractivity contribution in [2.24, 2.45) is 0 Å². The van der Waals surface area contributed by atoms with Crippen LogP contribution >= 0.6 is 31.7 Å². The zero-order valence-electron chi connectivity index (χ0n) is 24.1. The van der Waals surface area contributed by atoms with E-state index >= 15 is 4.39 Å². The monoisotopic (exact) mass is 631 g/mol. The maximum Gasteiger partial charge on any atom is 0.164 e. The van der Waals surface area contributed by atoms with E-state index in [-0.39, 0.29) is 30.2 Å². The van der Waals surface area contributed by atoms with Crippen LogP contribution in [0.25, 0.3) is 33.5 Å². The van der Waals surface area contributed by atoms with Gasteiger partial charge in [-0.25, -0.2) is 42.9 Å². The summed E-state index contributed by atoms with van der Waals surface area (Å²) in [6.45, 7) is 1.04. The molecule has 0 radical (unpaired) electrons. The van der Waals surface area contributed by atoms with E-state index in [1.54, 1.807) is 10.6 Å². The van der Waals surface area contributed by atoms with Crippen LogP contribution in [0.1, 0.15) is 0 Å². The molecule has 7 nitrogen and oxygen atoms in total. The van der Waals surface area contributed by atoms with Crippen molar-refractivity contribution in [2.75, 3.05) is 68.0 Å². The highest BCUT2D eigenvalue weighted by Crippen LogP contribution is 2.38. The molecular weight excluding hydrogens is 595 g/mol. The standard InChI is InChI=1S/C28H37ClF3N5O2S2/c1-40(2,3)13-11-38-16-36-22(29)15-34-28(36)26-19-8-7-18(23-20(30)9-10-21(33)25(23)32)24(31)27(19)37(35-26)17-39-12-14-41(4,5)6/h7-10,15H,11-14,16-17,33H2,1-6H3. The molecule has 13 heteroatoms. The second-order valence-electron chi connectivity index (χ2n) is 11.5. The van der Waals surface area contributed by atoms with E-state index in [1.165, 1.54) is 16.9 Å². The third-order valence-electron chi connectivity index (χ3n) is 6.37. The Balaban J connectivity index is 1.79. The highest BCUT2D eigenvalue weighted by molar-refractivity contribution is 8.32. The molecule has 0 atom stereocenters. The number of nitrogen functional groups attached to an aromatic ring is 1. The minimum absolute atomic E-state index is 0.0183. The number of benzene rings is 2. The van der Waals surface area contributed by atoms with Crippen molar-refractivity contribution in [3.05, 3.63) is 53.1 Å². The van der Waals surface area contributed by atoms with E-state index < -0.39 is 43.1 Å². The molecular formula is C28H37ClF3N5O2S2. The van der Waals surface area contributed by atoms with Crippen molar-refractivity contribution >= 4 is 48.2 Å². The van der Waals surface area contributed by atoms with Crippen LogP contribution in [0.3, 0.4) is 0 Å². The molecule has 0 bridgehead atoms. The number of halogens is 4. The first-order valence-electron chi connectivity index (χ1n) is 12.8. The van der Waals surface area contributed by atoms with E-state index in [1.807, 2.05) is 0 Å². The summed E-state index contributed by atoms with van der Waals surface area (Å²) < 4.78 is 60.7. The van der Waals surface area contributed by atoms with Gasteiger partial charge in [0.2, 0.25) is 0 Å². The topological polar surface area (TPSA) is 80.1 Å². The normalized spacial score (nSPS) is 13.3. The van der Waals surface area contributed by atoms with Crippen LogP contribution in [0.15, 0.2) is 30.5 Å². The molecule has 0 spiro atoms. The van der Waals surface area contributed by atoms with Gasteiger partial charge < -0.3 is 15.2 Å². The van der Waals surface area contributed by atoms with Gasteiger partial charge in [0, 0.05) is 22.5 Å². The fourth-order valence-corrected chi connectivity index (χ4v) is 5.50. The molecule has 226 valence electrons. The molecule has 0 unspecified atom stereocenters. The first-order valence-corrected chi connectivity index (χ1v) is 19.2. The number of ether oxygens (including phenoxy) is 2. The second-order valence-corrected chi connectivity index (χ2v) is 21.1. The van der Waals surface area contributed by atoms with Crippen molar-refractivity contribution < 1.29 is 22.6 Å². The molecule has 2 heterocycles. The van der Waals surface area contributed by atoms with Crippen LogP contribution in [-0.4, -0.2) is 81.6 Å². The number of fused-ring (bicyclic) bond motifs is 1. The van der Waals surface area contributed by atoms with Gasteiger partial charge in [0.15, 0.2) is 17.5 Å². The van der Waals surface area contributed by atoms with Gasteiger partial charge in [-0.3, -0.25) is 4.57 Å². The Hall–Kier alpha value is -2.38. The van der Waals surface area contributed by atoms with Crippen molar-refractivity contribution in [1.29, 1.82) is 0 Å². The molecule has 2 aromatic carbocycles. The fourth-order valence-electron chi connectivity index (χ4n) is 4.09. The van der Waals surface area contributed by atoms with Gasteiger partial charge in [-0.1, -0.05) is 17.7 Å². The van der Waals surface area contributed by atoms with Gasteiger partial charge in [-0.15, -0.1) is 0 Å². The van der Waals surface area contributed by atoms with E-state index in [2.05, 4.69) is 47.6 Å². The van der Waals surface area contributed by atoms with Crippen molar-refractivity contribution in [3.8, 4) is 22.6 Å². The summed E-state index contributed by atoms with van der Waals surface area (Å²) in [5.41, 5.74) is 4.92. The lowest BCUT2D eigenvalue weighted by atomic mass is 10.0. The smallest absolute Gasteiger partial charge is 0.164 e. The zero-order chi connectivity index (χ0) is 30.1. The minimum Gasteiger partial charge on any atom is -0.396 e. The number of hydrogen-bond donors (Lipinski definition) is 1. The first-order chi connectivity index (χ1) is 19.2. The molecule has 0 fully saturated rings. The Morgan fingerprint density at radius 3 is 2.15 bits per heavy atom. The molecule has 0 aliphatic heterocycles. The predicted molar refractivity (Wildman–Crippen MR) is 168 cm³/mol. The largest absolute Gasteiger partial charge is 0.396 e. The average molecular weight is 632 g/mol. The predicted octanol–water partition coefficient (Wildman–Crippen LogP) is 6.56. The summed E-state index contributed by atoms with van der Waals surface area (Å²) >= 11 is 6.45. The van der Waals surface area contributed by atoms with Crippen molar-refractivity contribution in [2.45, 2.75) is 13.5 Å². The number of imidazole rings is 1. The summed E-state index contributed by atoms with van der Waals surface area (Å²) in [7, 11) is -1.55. The van der Waals surface area contributed by atoms with Crippen LogP contribution in [0.5, 0.6) is 0 Å². The molecule has 41 heavy (non-hydrogen) atoms. The van der Waals surface area contributed by atoms with Crippen molar-refractivity contribution in [3.63, 3.8) is 0 Å². The minimum atomic E-state index is -1.03. The molecule has 0 aliphatic carbocycles. The third kappa shape index (κ3) is 7.34. The van der Waals surface area contributed by atoms with Crippen LogP contribution < -0.4 is 5.73 Å². The Kier molecular flexibility index (Phi) is 9.59. The zero-order valence-corrected chi connectivity index (χ0v) is 26.5. The highest BCUT2D eigenvalue weighted by Gasteiger charge is 2.26. The van der Waals surface area contributed by atoms with Crippen molar-refractivity contribution in [1.82, 2.24) is 19.3 Å². The molecule has 0 amide bonds. The van der Waals surface area contributed by atoms with Gasteiger partial charge >= 0.3 is 0 Å². The van der Waals surface area contributed by atoms with E-state index in [9.17, 15) is 8.78 Å². The Bertz CT molecular complexity index is 1550. The average Bonchev–Trinajstić information content (AvgIpc) is 3.42. The Morgan fingerprint density at radius 2 is 1.51 bits per heavy atom.